The molecule has 2 unspecified atom stereocenters. The van der Waals surface area contributed by atoms with Crippen LogP contribution in [0.5, 0.6) is 5.75 Å². The molecule has 0 aliphatic heterocycles. The van der Waals surface area contributed by atoms with E-state index in [2.05, 4.69) is 10.1 Å². The van der Waals surface area contributed by atoms with Crippen LogP contribution < -0.4 is 10.1 Å². The Morgan fingerprint density at radius 2 is 1.64 bits per heavy atom. The van der Waals surface area contributed by atoms with Crippen molar-refractivity contribution in [3.8, 4) is 5.75 Å². The number of benzene rings is 2. The van der Waals surface area contributed by atoms with Gasteiger partial charge in [0.2, 0.25) is 0 Å². The number of hydrogen-bond acceptors (Lipinski definition) is 4. The van der Waals surface area contributed by atoms with E-state index in [1.54, 1.807) is 0 Å². The summed E-state index contributed by atoms with van der Waals surface area (Å²) in [4.78, 5) is 36.5. The van der Waals surface area contributed by atoms with E-state index in [0.29, 0.717) is 0 Å². The Morgan fingerprint density at radius 3 is 2.15 bits per heavy atom. The topological polar surface area (TPSA) is 72.5 Å². The molecule has 1 amide bonds. The van der Waals surface area contributed by atoms with Gasteiger partial charge in [-0.3, -0.25) is 9.59 Å². The molecule has 2 aromatic carbocycles. The summed E-state index contributed by atoms with van der Waals surface area (Å²) in [5.74, 6) is -1.86. The van der Waals surface area contributed by atoms with E-state index >= 15 is 0 Å². The molecule has 2 aromatic rings. The van der Waals surface area contributed by atoms with Crippen molar-refractivity contribution in [2.24, 2.45) is 5.92 Å². The number of aryl methyl sites for hydroxylation is 3. The first-order chi connectivity index (χ1) is 15.4. The fourth-order valence-corrected chi connectivity index (χ4v) is 3.97. The summed E-state index contributed by atoms with van der Waals surface area (Å²) in [5.41, 5.74) is 4.32. The van der Waals surface area contributed by atoms with E-state index in [0.717, 1.165) is 40.7 Å². The fraction of sp³-hybridized carbons (Fsp3) is 0.400. The molecule has 178 valence electrons. The van der Waals surface area contributed by atoms with Crippen molar-refractivity contribution in [3.63, 3.8) is 0 Å². The molecule has 0 saturated heterocycles. The zero-order valence-electron chi connectivity index (χ0n) is 19.1. The maximum atomic E-state index is 12.8. The van der Waals surface area contributed by atoms with E-state index in [-0.39, 0.29) is 36.7 Å². The van der Waals surface area contributed by atoms with E-state index in [4.69, 9.17) is 0 Å². The molecule has 0 fully saturated rings. The average Bonchev–Trinajstić information content (AvgIpc) is 2.71. The van der Waals surface area contributed by atoms with E-state index < -0.39 is 23.9 Å². The second kappa shape index (κ2) is 11.1. The molecule has 2 rings (SSSR count). The molecule has 0 aliphatic carbocycles. The fourth-order valence-electron chi connectivity index (χ4n) is 3.97. The number of alkyl halides is 3. The number of ether oxygens (including phenoxy) is 1. The van der Waals surface area contributed by atoms with Gasteiger partial charge in [0, 0.05) is 30.4 Å². The minimum atomic E-state index is -4.81. The molecule has 0 saturated carbocycles. The van der Waals surface area contributed by atoms with Gasteiger partial charge in [-0.25, -0.2) is 0 Å². The van der Waals surface area contributed by atoms with Crippen LogP contribution in [0.1, 0.15) is 58.3 Å². The van der Waals surface area contributed by atoms with Crippen LogP contribution in [0.25, 0.3) is 0 Å². The quantitative estimate of drug-likeness (QED) is 0.491. The molecule has 33 heavy (non-hydrogen) atoms. The second-order valence-electron chi connectivity index (χ2n) is 8.22. The third-order valence-electron chi connectivity index (χ3n) is 5.46. The Hall–Kier alpha value is -3.16. The number of carbonyl (C=O) groups is 3. The highest BCUT2D eigenvalue weighted by atomic mass is 19.4. The largest absolute Gasteiger partial charge is 0.573 e. The molecule has 5 nitrogen and oxygen atoms in total. The Balaban J connectivity index is 1.89. The van der Waals surface area contributed by atoms with Crippen LogP contribution in [-0.2, 0) is 9.59 Å². The smallest absolute Gasteiger partial charge is 0.406 e. The van der Waals surface area contributed by atoms with Crippen LogP contribution in [0.2, 0.25) is 0 Å². The molecule has 8 heteroatoms. The number of carbonyl (C=O) groups excluding carboxylic acids is 3. The van der Waals surface area contributed by atoms with Crippen molar-refractivity contribution >= 4 is 18.0 Å². The minimum Gasteiger partial charge on any atom is -0.406 e. The van der Waals surface area contributed by atoms with Gasteiger partial charge in [0.15, 0.2) is 0 Å². The van der Waals surface area contributed by atoms with Gasteiger partial charge in [-0.1, -0.05) is 24.6 Å². The minimum absolute atomic E-state index is 0.0475. The Morgan fingerprint density at radius 1 is 1.06 bits per heavy atom. The van der Waals surface area contributed by atoms with Crippen LogP contribution in [0.4, 0.5) is 13.2 Å². The Kier molecular flexibility index (Phi) is 8.79. The van der Waals surface area contributed by atoms with Gasteiger partial charge < -0.3 is 14.8 Å². The van der Waals surface area contributed by atoms with Gasteiger partial charge in [0.25, 0.3) is 5.91 Å². The van der Waals surface area contributed by atoms with Gasteiger partial charge in [-0.2, -0.15) is 0 Å². The summed E-state index contributed by atoms with van der Waals surface area (Å²) in [6, 6.07) is 8.58. The van der Waals surface area contributed by atoms with E-state index in [9.17, 15) is 27.6 Å². The summed E-state index contributed by atoms with van der Waals surface area (Å²) in [6.07, 6.45) is -3.75. The lowest BCUT2D eigenvalue weighted by Gasteiger charge is -2.19. The van der Waals surface area contributed by atoms with Crippen LogP contribution in [0, 0.1) is 26.7 Å². The number of Topliss-reactive ketones (excluding diaryl/α,β-unsaturated/α-hetero) is 1. The lowest BCUT2D eigenvalue weighted by atomic mass is 9.84. The molecule has 0 spiro atoms. The highest BCUT2D eigenvalue weighted by Crippen LogP contribution is 2.28. The molecular weight excluding hydrogens is 435 g/mol. The predicted molar refractivity (Wildman–Crippen MR) is 118 cm³/mol. The van der Waals surface area contributed by atoms with Crippen LogP contribution in [0.15, 0.2) is 36.4 Å². The number of ketones is 1. The summed E-state index contributed by atoms with van der Waals surface area (Å²) in [5, 5.41) is 2.62. The van der Waals surface area contributed by atoms with E-state index in [1.165, 1.54) is 12.1 Å². The predicted octanol–water partition coefficient (Wildman–Crippen LogP) is 5.21. The first-order valence-electron chi connectivity index (χ1n) is 10.6. The molecule has 0 radical (unpaired) electrons. The summed E-state index contributed by atoms with van der Waals surface area (Å²) < 4.78 is 40.4. The van der Waals surface area contributed by atoms with Crippen molar-refractivity contribution in [1.82, 2.24) is 5.32 Å². The zero-order valence-corrected chi connectivity index (χ0v) is 19.1. The van der Waals surface area contributed by atoms with Gasteiger partial charge in [0.05, 0.1) is 0 Å². The SMILES string of the molecule is Cc1cc(C)c(C(C)C(=O)CC(C=O)CCNC(=O)c2ccc(OC(F)(F)F)cc2)c(C)c1. The molecule has 0 bridgehead atoms. The molecule has 2 atom stereocenters. The van der Waals surface area contributed by atoms with E-state index in [1.807, 2.05) is 39.8 Å². The summed E-state index contributed by atoms with van der Waals surface area (Å²) >= 11 is 0. The number of nitrogens with one attached hydrogen (secondary N) is 1. The number of amides is 1. The highest BCUT2D eigenvalue weighted by Gasteiger charge is 2.31. The number of hydrogen-bond donors (Lipinski definition) is 1. The van der Waals surface area contributed by atoms with Crippen molar-refractivity contribution in [1.29, 1.82) is 0 Å². The van der Waals surface area contributed by atoms with Gasteiger partial charge in [-0.05, 0) is 68.1 Å². The summed E-state index contributed by atoms with van der Waals surface area (Å²) in [6.45, 7) is 7.91. The van der Waals surface area contributed by atoms with Gasteiger partial charge in [0.1, 0.15) is 17.8 Å². The highest BCUT2D eigenvalue weighted by molar-refractivity contribution is 5.94. The normalized spacial score (nSPS) is 13.2. The molecule has 0 aromatic heterocycles. The van der Waals surface area contributed by atoms with Crippen LogP contribution in [0.3, 0.4) is 0 Å². The van der Waals surface area contributed by atoms with Crippen molar-refractivity contribution < 1.29 is 32.3 Å². The second-order valence-corrected chi connectivity index (χ2v) is 8.22. The monoisotopic (exact) mass is 463 g/mol. The van der Waals surface area contributed by atoms with Crippen molar-refractivity contribution in [3.05, 3.63) is 64.2 Å². The van der Waals surface area contributed by atoms with Crippen LogP contribution in [-0.4, -0.2) is 30.9 Å². The van der Waals surface area contributed by atoms with Crippen molar-refractivity contribution in [2.45, 2.75) is 52.8 Å². The first-order valence-corrected chi connectivity index (χ1v) is 10.6. The third kappa shape index (κ3) is 7.73. The van der Waals surface area contributed by atoms with Gasteiger partial charge >= 0.3 is 6.36 Å². The lowest BCUT2D eigenvalue weighted by Crippen LogP contribution is -2.27. The third-order valence-corrected chi connectivity index (χ3v) is 5.46. The summed E-state index contributed by atoms with van der Waals surface area (Å²) in [7, 11) is 0. The van der Waals surface area contributed by atoms with Crippen LogP contribution >= 0.6 is 0 Å². The molecule has 0 heterocycles. The lowest BCUT2D eigenvalue weighted by molar-refractivity contribution is -0.274. The number of halogens is 3. The number of rotatable bonds is 10. The maximum absolute atomic E-state index is 12.8. The first kappa shape index (κ1) is 26.1. The average molecular weight is 463 g/mol. The molecule has 0 aliphatic rings. The van der Waals surface area contributed by atoms with Gasteiger partial charge in [-0.15, -0.1) is 13.2 Å². The maximum Gasteiger partial charge on any atom is 0.573 e. The molecular formula is C25H28F3NO4. The zero-order chi connectivity index (χ0) is 24.8. The van der Waals surface area contributed by atoms with Crippen molar-refractivity contribution in [2.75, 3.05) is 6.54 Å². The molecule has 1 N–H and O–H groups in total. The Bertz CT molecular complexity index is 977. The standard InChI is InChI=1S/C25H28F3NO4/c1-15-11-16(2)23(17(3)12-15)18(4)22(31)13-19(14-30)9-10-29-24(32)20-5-7-21(8-6-20)33-25(26,27)28/h5-8,11-12,14,18-19H,9-10,13H2,1-4H3,(H,29,32). The number of aldehydes is 1. The Labute approximate surface area is 191 Å².